The quantitative estimate of drug-likeness (QED) is 0.758. The van der Waals surface area contributed by atoms with Crippen LogP contribution in [0.5, 0.6) is 0 Å². The van der Waals surface area contributed by atoms with Crippen molar-refractivity contribution >= 4 is 5.69 Å². The maximum Gasteiger partial charge on any atom is 0.0945 e. The van der Waals surface area contributed by atoms with Crippen LogP contribution in [0.4, 0.5) is 5.69 Å². The van der Waals surface area contributed by atoms with Gasteiger partial charge in [-0.15, -0.1) is 0 Å². The van der Waals surface area contributed by atoms with E-state index in [1.165, 1.54) is 5.56 Å². The van der Waals surface area contributed by atoms with E-state index in [9.17, 15) is 5.11 Å². The van der Waals surface area contributed by atoms with Crippen molar-refractivity contribution in [2.45, 2.75) is 46.3 Å². The zero-order valence-electron chi connectivity index (χ0n) is 12.5. The maximum absolute atomic E-state index is 9.86. The van der Waals surface area contributed by atoms with Gasteiger partial charge in [0.25, 0.3) is 0 Å². The highest BCUT2D eigenvalue weighted by atomic mass is 16.5. The number of aliphatic hydroxyl groups excluding tert-OH is 1. The average molecular weight is 265 g/mol. The van der Waals surface area contributed by atoms with Crippen molar-refractivity contribution in [2.75, 3.05) is 18.5 Å². The molecule has 0 amide bonds. The van der Waals surface area contributed by atoms with Crippen LogP contribution in [0.25, 0.3) is 0 Å². The Kier molecular flexibility index (Phi) is 6.89. The molecule has 1 aromatic carbocycles. The van der Waals surface area contributed by atoms with E-state index in [0.29, 0.717) is 19.1 Å². The molecule has 3 nitrogen and oxygen atoms in total. The number of hydrogen-bond acceptors (Lipinski definition) is 3. The Hall–Kier alpha value is -1.06. The number of aryl methyl sites for hydroxylation is 1. The Bertz CT molecular complexity index is 348. The van der Waals surface area contributed by atoms with E-state index in [1.54, 1.807) is 0 Å². The highest BCUT2D eigenvalue weighted by Crippen LogP contribution is 2.10. The van der Waals surface area contributed by atoms with Gasteiger partial charge in [0.1, 0.15) is 0 Å². The maximum atomic E-state index is 9.86. The Morgan fingerprint density at radius 2 is 1.79 bits per heavy atom. The average Bonchev–Trinajstić information content (AvgIpc) is 2.35. The van der Waals surface area contributed by atoms with Crippen LogP contribution in [-0.2, 0) is 4.74 Å². The van der Waals surface area contributed by atoms with E-state index >= 15 is 0 Å². The molecule has 0 aromatic heterocycles. The molecule has 0 saturated heterocycles. The number of nitrogens with one attached hydrogen (secondary N) is 1. The largest absolute Gasteiger partial charge is 0.389 e. The van der Waals surface area contributed by atoms with Gasteiger partial charge in [-0.3, -0.25) is 0 Å². The van der Waals surface area contributed by atoms with E-state index < -0.39 is 6.10 Å². The first kappa shape index (κ1) is 16.0. The molecular formula is C16H27NO2. The monoisotopic (exact) mass is 265 g/mol. The van der Waals surface area contributed by atoms with Gasteiger partial charge < -0.3 is 15.2 Å². The molecule has 0 radical (unpaired) electrons. The first-order valence-electron chi connectivity index (χ1n) is 7.07. The van der Waals surface area contributed by atoms with E-state index in [0.717, 1.165) is 12.1 Å². The number of aliphatic hydroxyl groups is 1. The van der Waals surface area contributed by atoms with Crippen LogP contribution < -0.4 is 5.32 Å². The SMILES string of the molecule is Cc1ccc(NCC(O)COC(C)CC(C)C)cc1. The van der Waals surface area contributed by atoms with Crippen LogP contribution in [-0.4, -0.2) is 30.5 Å². The van der Waals surface area contributed by atoms with Gasteiger partial charge in [-0.2, -0.15) is 0 Å². The van der Waals surface area contributed by atoms with Crippen molar-refractivity contribution < 1.29 is 9.84 Å². The first-order chi connectivity index (χ1) is 8.97. The number of ether oxygens (including phenoxy) is 1. The number of anilines is 1. The van der Waals surface area contributed by atoms with Crippen molar-refractivity contribution in [1.82, 2.24) is 0 Å². The number of hydrogen-bond donors (Lipinski definition) is 2. The summed E-state index contributed by atoms with van der Waals surface area (Å²) in [5, 5.41) is 13.1. The summed E-state index contributed by atoms with van der Waals surface area (Å²) in [6.45, 7) is 9.36. The van der Waals surface area contributed by atoms with Gasteiger partial charge in [-0.25, -0.2) is 0 Å². The summed E-state index contributed by atoms with van der Waals surface area (Å²) in [4.78, 5) is 0. The lowest BCUT2D eigenvalue weighted by atomic mass is 10.1. The lowest BCUT2D eigenvalue weighted by Gasteiger charge is -2.18. The molecule has 0 aliphatic rings. The van der Waals surface area contributed by atoms with Gasteiger partial charge in [0.05, 0.1) is 18.8 Å². The molecule has 0 spiro atoms. The molecule has 0 aliphatic carbocycles. The van der Waals surface area contributed by atoms with Crippen LogP contribution in [0.15, 0.2) is 24.3 Å². The van der Waals surface area contributed by atoms with Gasteiger partial charge in [0.2, 0.25) is 0 Å². The van der Waals surface area contributed by atoms with Crippen molar-refractivity contribution in [3.63, 3.8) is 0 Å². The molecule has 3 heteroatoms. The molecule has 2 atom stereocenters. The van der Waals surface area contributed by atoms with Crippen LogP contribution in [0.2, 0.25) is 0 Å². The van der Waals surface area contributed by atoms with Crippen molar-refractivity contribution in [2.24, 2.45) is 5.92 Å². The summed E-state index contributed by atoms with van der Waals surface area (Å²) in [6.07, 6.45) is 0.753. The molecule has 2 N–H and O–H groups in total. The molecule has 0 bridgehead atoms. The van der Waals surface area contributed by atoms with Gasteiger partial charge >= 0.3 is 0 Å². The Morgan fingerprint density at radius 1 is 1.16 bits per heavy atom. The normalized spacial score (nSPS) is 14.4. The molecule has 0 aliphatic heterocycles. The fourth-order valence-electron chi connectivity index (χ4n) is 1.97. The van der Waals surface area contributed by atoms with E-state index in [1.807, 2.05) is 12.1 Å². The summed E-state index contributed by atoms with van der Waals surface area (Å²) in [6, 6.07) is 8.14. The number of benzene rings is 1. The Balaban J connectivity index is 2.20. The minimum atomic E-state index is -0.476. The third kappa shape index (κ3) is 7.19. The Morgan fingerprint density at radius 3 is 2.37 bits per heavy atom. The first-order valence-corrected chi connectivity index (χ1v) is 7.07. The van der Waals surface area contributed by atoms with Crippen LogP contribution >= 0.6 is 0 Å². The van der Waals surface area contributed by atoms with E-state index in [4.69, 9.17) is 4.74 Å². The summed E-state index contributed by atoms with van der Waals surface area (Å²) < 4.78 is 5.63. The lowest BCUT2D eigenvalue weighted by Crippen LogP contribution is -2.27. The minimum absolute atomic E-state index is 0.203. The topological polar surface area (TPSA) is 41.5 Å². The summed E-state index contributed by atoms with van der Waals surface area (Å²) in [7, 11) is 0. The second-order valence-electron chi connectivity index (χ2n) is 5.67. The highest BCUT2D eigenvalue weighted by molar-refractivity contribution is 5.44. The second-order valence-corrected chi connectivity index (χ2v) is 5.67. The molecule has 0 saturated carbocycles. The smallest absolute Gasteiger partial charge is 0.0945 e. The van der Waals surface area contributed by atoms with E-state index in [2.05, 4.69) is 45.1 Å². The summed E-state index contributed by atoms with van der Waals surface area (Å²) in [5.41, 5.74) is 2.26. The van der Waals surface area contributed by atoms with E-state index in [-0.39, 0.29) is 6.10 Å². The second kappa shape index (κ2) is 8.18. The molecule has 0 heterocycles. The molecule has 108 valence electrons. The van der Waals surface area contributed by atoms with Crippen LogP contribution in [0.3, 0.4) is 0 Å². The van der Waals surface area contributed by atoms with Crippen molar-refractivity contribution in [1.29, 1.82) is 0 Å². The molecule has 0 fully saturated rings. The Labute approximate surface area is 117 Å². The van der Waals surface area contributed by atoms with Crippen molar-refractivity contribution in [3.05, 3.63) is 29.8 Å². The number of rotatable bonds is 8. The molecular weight excluding hydrogens is 238 g/mol. The van der Waals surface area contributed by atoms with Crippen LogP contribution in [0, 0.1) is 12.8 Å². The molecule has 1 rings (SSSR count). The van der Waals surface area contributed by atoms with Gasteiger partial charge in [0.15, 0.2) is 0 Å². The third-order valence-corrected chi connectivity index (χ3v) is 2.97. The summed E-state index contributed by atoms with van der Waals surface area (Å²) >= 11 is 0. The minimum Gasteiger partial charge on any atom is -0.389 e. The fourth-order valence-corrected chi connectivity index (χ4v) is 1.97. The van der Waals surface area contributed by atoms with Gasteiger partial charge in [-0.1, -0.05) is 31.5 Å². The predicted molar refractivity (Wildman–Crippen MR) is 80.5 cm³/mol. The standard InChI is InChI=1S/C16H27NO2/c1-12(2)9-14(4)19-11-16(18)10-17-15-7-5-13(3)6-8-15/h5-8,12,14,16-18H,9-11H2,1-4H3. The lowest BCUT2D eigenvalue weighted by molar-refractivity contribution is -0.00443. The summed E-state index contributed by atoms with van der Waals surface area (Å²) in [5.74, 6) is 0.623. The van der Waals surface area contributed by atoms with Crippen LogP contribution in [0.1, 0.15) is 32.8 Å². The molecule has 2 unspecified atom stereocenters. The zero-order chi connectivity index (χ0) is 14.3. The van der Waals surface area contributed by atoms with Gasteiger partial charge in [0, 0.05) is 12.2 Å². The molecule has 1 aromatic rings. The molecule has 19 heavy (non-hydrogen) atoms. The zero-order valence-corrected chi connectivity index (χ0v) is 12.5. The third-order valence-electron chi connectivity index (χ3n) is 2.97. The highest BCUT2D eigenvalue weighted by Gasteiger charge is 2.09. The predicted octanol–water partition coefficient (Wildman–Crippen LogP) is 3.22. The van der Waals surface area contributed by atoms with Crippen molar-refractivity contribution in [3.8, 4) is 0 Å². The van der Waals surface area contributed by atoms with Gasteiger partial charge in [-0.05, 0) is 38.3 Å². The fraction of sp³-hybridized carbons (Fsp3) is 0.625.